The predicted octanol–water partition coefficient (Wildman–Crippen LogP) is 2.27. The molecule has 14 heavy (non-hydrogen) atoms. The van der Waals surface area contributed by atoms with Crippen LogP contribution in [-0.2, 0) is 0 Å². The van der Waals surface area contributed by atoms with Crippen molar-refractivity contribution in [2.24, 2.45) is 5.92 Å². The van der Waals surface area contributed by atoms with E-state index in [1.165, 1.54) is 25.7 Å². The van der Waals surface area contributed by atoms with Gasteiger partial charge in [-0.25, -0.2) is 4.79 Å². The third-order valence-electron chi connectivity index (χ3n) is 2.51. The fraction of sp³-hybridized carbons (Fsp3) is 0.909. The molecule has 1 rings (SSSR count). The minimum atomic E-state index is -0.139. The first kappa shape index (κ1) is 11.3. The number of urea groups is 1. The van der Waals surface area contributed by atoms with E-state index in [0.717, 1.165) is 6.54 Å². The molecule has 0 aromatic rings. The summed E-state index contributed by atoms with van der Waals surface area (Å²) >= 11 is 0. The summed E-state index contributed by atoms with van der Waals surface area (Å²) in [7, 11) is 0. The van der Waals surface area contributed by atoms with E-state index in [0.29, 0.717) is 5.92 Å². The normalized spacial score (nSPS) is 18.2. The molecule has 3 nitrogen and oxygen atoms in total. The van der Waals surface area contributed by atoms with Gasteiger partial charge in [-0.2, -0.15) is 0 Å². The van der Waals surface area contributed by atoms with Gasteiger partial charge < -0.3 is 10.6 Å². The van der Waals surface area contributed by atoms with Crippen LogP contribution in [0.2, 0.25) is 0 Å². The lowest BCUT2D eigenvalue weighted by atomic mass is 10.1. The van der Waals surface area contributed by atoms with Crippen molar-refractivity contribution in [3.05, 3.63) is 0 Å². The molecule has 1 aliphatic carbocycles. The monoisotopic (exact) mass is 198 g/mol. The lowest BCUT2D eigenvalue weighted by Crippen LogP contribution is -2.47. The highest BCUT2D eigenvalue weighted by atomic mass is 16.2. The van der Waals surface area contributed by atoms with Gasteiger partial charge in [0.25, 0.3) is 0 Å². The number of carbonyl (C=O) groups excluding carboxylic acids is 1. The first-order valence-electron chi connectivity index (χ1n) is 5.53. The lowest BCUT2D eigenvalue weighted by Gasteiger charge is -2.21. The second-order valence-corrected chi connectivity index (χ2v) is 5.24. The van der Waals surface area contributed by atoms with Crippen molar-refractivity contribution in [2.75, 3.05) is 6.54 Å². The van der Waals surface area contributed by atoms with E-state index in [2.05, 4.69) is 10.6 Å². The quantitative estimate of drug-likeness (QED) is 0.702. The summed E-state index contributed by atoms with van der Waals surface area (Å²) < 4.78 is 0. The molecule has 3 heteroatoms. The first-order valence-corrected chi connectivity index (χ1v) is 5.53. The minimum absolute atomic E-state index is 0.0376. The molecule has 2 N–H and O–H groups in total. The second-order valence-electron chi connectivity index (χ2n) is 5.24. The molecule has 82 valence electrons. The highest BCUT2D eigenvalue weighted by Gasteiger charge is 2.17. The van der Waals surface area contributed by atoms with E-state index in [-0.39, 0.29) is 11.6 Å². The Labute approximate surface area is 86.6 Å². The van der Waals surface area contributed by atoms with Gasteiger partial charge >= 0.3 is 6.03 Å². The van der Waals surface area contributed by atoms with Crippen molar-refractivity contribution in [2.45, 2.75) is 52.0 Å². The van der Waals surface area contributed by atoms with Crippen molar-refractivity contribution >= 4 is 6.03 Å². The number of hydrogen-bond acceptors (Lipinski definition) is 1. The van der Waals surface area contributed by atoms with Crippen LogP contribution >= 0.6 is 0 Å². The molecule has 0 spiro atoms. The van der Waals surface area contributed by atoms with Crippen molar-refractivity contribution < 1.29 is 4.79 Å². The second kappa shape index (κ2) is 4.67. The molecule has 0 atom stereocenters. The highest BCUT2D eigenvalue weighted by molar-refractivity contribution is 5.74. The minimum Gasteiger partial charge on any atom is -0.338 e. The van der Waals surface area contributed by atoms with Gasteiger partial charge in [-0.1, -0.05) is 12.8 Å². The number of carbonyl (C=O) groups is 1. The van der Waals surface area contributed by atoms with Crippen LogP contribution in [0.15, 0.2) is 0 Å². The standard InChI is InChI=1S/C11H22N2O/c1-11(2,3)13-10(14)12-8-9-6-4-5-7-9/h9H,4-8H2,1-3H3,(H2,12,13,14). The zero-order valence-electron chi connectivity index (χ0n) is 9.52. The molecule has 2 amide bonds. The summed E-state index contributed by atoms with van der Waals surface area (Å²) in [5.41, 5.74) is -0.139. The van der Waals surface area contributed by atoms with Gasteiger partial charge in [0.2, 0.25) is 0 Å². The molecule has 0 aromatic carbocycles. The molecule has 0 aromatic heterocycles. The lowest BCUT2D eigenvalue weighted by molar-refractivity contribution is 0.230. The molecule has 1 fully saturated rings. The van der Waals surface area contributed by atoms with Crippen LogP contribution < -0.4 is 10.6 Å². The highest BCUT2D eigenvalue weighted by Crippen LogP contribution is 2.23. The Kier molecular flexibility index (Phi) is 3.78. The average molecular weight is 198 g/mol. The number of hydrogen-bond donors (Lipinski definition) is 2. The Balaban J connectivity index is 2.14. The SMILES string of the molecule is CC(C)(C)NC(=O)NCC1CCCC1. The number of amides is 2. The van der Waals surface area contributed by atoms with Crippen LogP contribution in [0.25, 0.3) is 0 Å². The van der Waals surface area contributed by atoms with E-state index < -0.39 is 0 Å². The van der Waals surface area contributed by atoms with Gasteiger partial charge in [0, 0.05) is 12.1 Å². The summed E-state index contributed by atoms with van der Waals surface area (Å²) in [6, 6.07) is -0.0376. The maximum Gasteiger partial charge on any atom is 0.315 e. The summed E-state index contributed by atoms with van der Waals surface area (Å²) in [5.74, 6) is 0.709. The van der Waals surface area contributed by atoms with Gasteiger partial charge in [-0.15, -0.1) is 0 Å². The van der Waals surface area contributed by atoms with Crippen LogP contribution in [0.5, 0.6) is 0 Å². The van der Waals surface area contributed by atoms with Crippen LogP contribution in [0.1, 0.15) is 46.5 Å². The van der Waals surface area contributed by atoms with Gasteiger partial charge in [-0.3, -0.25) is 0 Å². The molecular formula is C11H22N2O. The van der Waals surface area contributed by atoms with Crippen molar-refractivity contribution in [3.8, 4) is 0 Å². The summed E-state index contributed by atoms with van der Waals surface area (Å²) in [6.07, 6.45) is 5.20. The fourth-order valence-corrected chi connectivity index (χ4v) is 1.84. The molecule has 0 aliphatic heterocycles. The molecule has 0 heterocycles. The molecule has 0 unspecified atom stereocenters. The van der Waals surface area contributed by atoms with Crippen LogP contribution in [-0.4, -0.2) is 18.1 Å². The Morgan fingerprint density at radius 1 is 1.29 bits per heavy atom. The summed E-state index contributed by atoms with van der Waals surface area (Å²) in [4.78, 5) is 11.4. The topological polar surface area (TPSA) is 41.1 Å². The van der Waals surface area contributed by atoms with Crippen molar-refractivity contribution in [3.63, 3.8) is 0 Å². The van der Waals surface area contributed by atoms with Crippen LogP contribution in [0.3, 0.4) is 0 Å². The summed E-state index contributed by atoms with van der Waals surface area (Å²) in [5, 5.41) is 5.82. The largest absolute Gasteiger partial charge is 0.338 e. The van der Waals surface area contributed by atoms with Gasteiger partial charge in [0.1, 0.15) is 0 Å². The molecule has 0 bridgehead atoms. The number of rotatable bonds is 2. The Bertz CT molecular complexity index is 190. The zero-order valence-corrected chi connectivity index (χ0v) is 9.52. The predicted molar refractivity (Wildman–Crippen MR) is 58.2 cm³/mol. The summed E-state index contributed by atoms with van der Waals surface area (Å²) in [6.45, 7) is 6.80. The van der Waals surface area contributed by atoms with Gasteiger partial charge in [0.15, 0.2) is 0 Å². The maximum absolute atomic E-state index is 11.4. The smallest absolute Gasteiger partial charge is 0.315 e. The van der Waals surface area contributed by atoms with E-state index in [9.17, 15) is 4.79 Å². The molecule has 0 radical (unpaired) electrons. The first-order chi connectivity index (χ1) is 6.47. The van der Waals surface area contributed by atoms with Gasteiger partial charge in [-0.05, 0) is 39.5 Å². The maximum atomic E-state index is 11.4. The Hall–Kier alpha value is -0.730. The van der Waals surface area contributed by atoms with E-state index in [1.54, 1.807) is 0 Å². The van der Waals surface area contributed by atoms with Crippen molar-refractivity contribution in [1.29, 1.82) is 0 Å². The van der Waals surface area contributed by atoms with Crippen LogP contribution in [0.4, 0.5) is 4.79 Å². The van der Waals surface area contributed by atoms with E-state index >= 15 is 0 Å². The number of nitrogens with one attached hydrogen (secondary N) is 2. The third-order valence-corrected chi connectivity index (χ3v) is 2.51. The molecule has 0 saturated heterocycles. The fourth-order valence-electron chi connectivity index (χ4n) is 1.84. The average Bonchev–Trinajstić information content (AvgIpc) is 2.49. The Morgan fingerprint density at radius 3 is 2.36 bits per heavy atom. The van der Waals surface area contributed by atoms with Crippen molar-refractivity contribution in [1.82, 2.24) is 10.6 Å². The third kappa shape index (κ3) is 4.49. The van der Waals surface area contributed by atoms with E-state index in [4.69, 9.17) is 0 Å². The molecule has 1 saturated carbocycles. The van der Waals surface area contributed by atoms with Crippen LogP contribution in [0, 0.1) is 5.92 Å². The Morgan fingerprint density at radius 2 is 1.86 bits per heavy atom. The van der Waals surface area contributed by atoms with Gasteiger partial charge in [0.05, 0.1) is 0 Å². The van der Waals surface area contributed by atoms with E-state index in [1.807, 2.05) is 20.8 Å². The molecular weight excluding hydrogens is 176 g/mol. The molecule has 1 aliphatic rings. The zero-order chi connectivity index (χ0) is 10.6.